The highest BCUT2D eigenvalue weighted by atomic mass is 35.5. The number of pyridine rings is 1. The molecule has 0 bridgehead atoms. The second kappa shape index (κ2) is 9.36. The van der Waals surface area contributed by atoms with Crippen LogP contribution in [0.15, 0.2) is 23.0 Å². The van der Waals surface area contributed by atoms with Crippen molar-refractivity contribution in [2.24, 2.45) is 0 Å². The Kier molecular flexibility index (Phi) is 6.98. The van der Waals surface area contributed by atoms with Crippen LogP contribution in [0.25, 0.3) is 0 Å². The zero-order chi connectivity index (χ0) is 22.3. The van der Waals surface area contributed by atoms with E-state index in [1.165, 1.54) is 0 Å². The molecule has 0 saturated carbocycles. The van der Waals surface area contributed by atoms with Gasteiger partial charge in [0.15, 0.2) is 0 Å². The number of ether oxygens (including phenoxy) is 1. The van der Waals surface area contributed by atoms with Crippen LogP contribution in [0.3, 0.4) is 0 Å². The monoisotopic (exact) mass is 459 g/mol. The summed E-state index contributed by atoms with van der Waals surface area (Å²) in [6.45, 7) is 7.18. The van der Waals surface area contributed by atoms with Crippen molar-refractivity contribution in [1.82, 2.24) is 14.8 Å². The van der Waals surface area contributed by atoms with E-state index >= 15 is 0 Å². The van der Waals surface area contributed by atoms with Gasteiger partial charge in [0.1, 0.15) is 11.9 Å². The van der Waals surface area contributed by atoms with Crippen LogP contribution in [-0.4, -0.2) is 52.3 Å². The first-order chi connectivity index (χ1) is 14.7. The third-order valence-corrected chi connectivity index (χ3v) is 6.45. The SMILES string of the molecule is C.CC(=O)N1CC[C@@H](Oc2ccc3c(c2Cl)C(=O)N(Cc2c(C)cc(C)[nH]c2=O)CC3)C1. The maximum Gasteiger partial charge on any atom is 0.256 e. The summed E-state index contributed by atoms with van der Waals surface area (Å²) in [5.41, 5.74) is 3.38. The lowest BCUT2D eigenvalue weighted by atomic mass is 9.97. The van der Waals surface area contributed by atoms with E-state index in [1.807, 2.05) is 26.0 Å². The first kappa shape index (κ1) is 23.9. The number of nitrogens with one attached hydrogen (secondary N) is 1. The third kappa shape index (κ3) is 4.53. The molecule has 2 aromatic rings. The van der Waals surface area contributed by atoms with Crippen LogP contribution in [0, 0.1) is 13.8 Å². The number of carbonyl (C=O) groups excluding carboxylic acids is 2. The number of rotatable bonds is 4. The summed E-state index contributed by atoms with van der Waals surface area (Å²) < 4.78 is 6.05. The normalized spacial score (nSPS) is 17.8. The van der Waals surface area contributed by atoms with Crippen molar-refractivity contribution in [3.8, 4) is 5.75 Å². The van der Waals surface area contributed by atoms with Gasteiger partial charge in [0.25, 0.3) is 11.5 Å². The Balaban J connectivity index is 0.00000289. The molecule has 1 aromatic carbocycles. The Morgan fingerprint density at radius 2 is 2.00 bits per heavy atom. The van der Waals surface area contributed by atoms with Gasteiger partial charge in [-0.3, -0.25) is 14.4 Å². The highest BCUT2D eigenvalue weighted by Gasteiger charge is 2.31. The quantitative estimate of drug-likeness (QED) is 0.758. The predicted octanol–water partition coefficient (Wildman–Crippen LogP) is 3.48. The van der Waals surface area contributed by atoms with Crippen molar-refractivity contribution in [3.05, 3.63) is 61.5 Å². The molecule has 0 spiro atoms. The van der Waals surface area contributed by atoms with Crippen molar-refractivity contribution < 1.29 is 14.3 Å². The molecule has 1 saturated heterocycles. The van der Waals surface area contributed by atoms with Crippen molar-refractivity contribution in [2.75, 3.05) is 19.6 Å². The number of fused-ring (bicyclic) bond motifs is 1. The Morgan fingerprint density at radius 1 is 1.25 bits per heavy atom. The first-order valence-electron chi connectivity index (χ1n) is 10.5. The topological polar surface area (TPSA) is 82.7 Å². The van der Waals surface area contributed by atoms with Gasteiger partial charge in [-0.05, 0) is 43.5 Å². The van der Waals surface area contributed by atoms with Gasteiger partial charge in [-0.1, -0.05) is 25.1 Å². The van der Waals surface area contributed by atoms with Crippen LogP contribution in [0.4, 0.5) is 0 Å². The molecule has 2 aliphatic rings. The molecular formula is C24H30ClN3O4. The number of nitrogens with zero attached hydrogens (tertiary/aromatic N) is 2. The number of aromatic amines is 1. The van der Waals surface area contributed by atoms with Gasteiger partial charge < -0.3 is 19.5 Å². The largest absolute Gasteiger partial charge is 0.487 e. The fourth-order valence-corrected chi connectivity index (χ4v) is 4.66. The third-order valence-electron chi connectivity index (χ3n) is 6.07. The molecule has 2 aliphatic heterocycles. The number of likely N-dealkylation sites (tertiary alicyclic amines) is 1. The lowest BCUT2D eigenvalue weighted by molar-refractivity contribution is -0.128. The highest BCUT2D eigenvalue weighted by Crippen LogP contribution is 2.36. The molecule has 0 radical (unpaired) electrons. The average Bonchev–Trinajstić information content (AvgIpc) is 3.17. The maximum absolute atomic E-state index is 13.3. The molecule has 7 nitrogen and oxygen atoms in total. The van der Waals surface area contributed by atoms with E-state index in [1.54, 1.807) is 22.8 Å². The molecule has 1 aromatic heterocycles. The van der Waals surface area contributed by atoms with Gasteiger partial charge in [-0.25, -0.2) is 0 Å². The fraction of sp³-hybridized carbons (Fsp3) is 0.458. The average molecular weight is 460 g/mol. The van der Waals surface area contributed by atoms with Gasteiger partial charge >= 0.3 is 0 Å². The number of hydrogen-bond acceptors (Lipinski definition) is 4. The second-order valence-corrected chi connectivity index (χ2v) is 8.70. The van der Waals surface area contributed by atoms with Crippen molar-refractivity contribution in [3.63, 3.8) is 0 Å². The van der Waals surface area contributed by atoms with Gasteiger partial charge in [-0.2, -0.15) is 0 Å². The number of carbonyl (C=O) groups is 2. The van der Waals surface area contributed by atoms with Crippen LogP contribution < -0.4 is 10.3 Å². The molecule has 1 fully saturated rings. The Labute approximate surface area is 193 Å². The number of aryl methyl sites for hydroxylation is 2. The summed E-state index contributed by atoms with van der Waals surface area (Å²) in [7, 11) is 0. The van der Waals surface area contributed by atoms with E-state index < -0.39 is 0 Å². The minimum absolute atomic E-state index is 0. The van der Waals surface area contributed by atoms with E-state index in [9.17, 15) is 14.4 Å². The molecule has 0 aliphatic carbocycles. The predicted molar refractivity (Wildman–Crippen MR) is 124 cm³/mol. The molecule has 2 amide bonds. The fourth-order valence-electron chi connectivity index (χ4n) is 4.35. The summed E-state index contributed by atoms with van der Waals surface area (Å²) in [5.74, 6) is 0.276. The second-order valence-electron chi connectivity index (χ2n) is 8.33. The summed E-state index contributed by atoms with van der Waals surface area (Å²) in [6.07, 6.45) is 1.23. The summed E-state index contributed by atoms with van der Waals surface area (Å²) in [5, 5.41) is 0.294. The number of amides is 2. The highest BCUT2D eigenvalue weighted by molar-refractivity contribution is 6.35. The lowest BCUT2D eigenvalue weighted by Gasteiger charge is -2.30. The van der Waals surface area contributed by atoms with Gasteiger partial charge in [-0.15, -0.1) is 0 Å². The van der Waals surface area contributed by atoms with Crippen molar-refractivity contribution in [1.29, 1.82) is 0 Å². The summed E-state index contributed by atoms with van der Waals surface area (Å²) >= 11 is 6.63. The summed E-state index contributed by atoms with van der Waals surface area (Å²) in [4.78, 5) is 43.5. The lowest BCUT2D eigenvalue weighted by Crippen LogP contribution is -2.39. The van der Waals surface area contributed by atoms with Crippen LogP contribution in [0.2, 0.25) is 5.02 Å². The number of hydrogen-bond donors (Lipinski definition) is 1. The van der Waals surface area contributed by atoms with Gasteiger partial charge in [0.2, 0.25) is 5.91 Å². The number of aromatic nitrogens is 1. The van der Waals surface area contributed by atoms with Crippen LogP contribution in [-0.2, 0) is 17.8 Å². The molecule has 32 heavy (non-hydrogen) atoms. The minimum Gasteiger partial charge on any atom is -0.487 e. The molecule has 1 N–H and O–H groups in total. The Morgan fingerprint density at radius 3 is 2.66 bits per heavy atom. The van der Waals surface area contributed by atoms with E-state index in [2.05, 4.69) is 4.98 Å². The van der Waals surface area contributed by atoms with Gasteiger partial charge in [0, 0.05) is 37.7 Å². The molecule has 1 atom stereocenters. The number of benzene rings is 1. The minimum atomic E-state index is -0.201. The zero-order valence-corrected chi connectivity index (χ0v) is 18.7. The molecule has 8 heteroatoms. The number of halogens is 1. The number of H-pyrrole nitrogens is 1. The standard InChI is InChI=1S/C23H26ClN3O4.CH4/c1-13-10-14(2)25-22(29)18(13)12-27-8-6-16-4-5-19(21(24)20(16)23(27)30)31-17-7-9-26(11-17)15(3)28;/h4-5,10,17H,6-9,11-12H2,1-3H3,(H,25,29);1H4/t17-;/m1./s1. The molecule has 172 valence electrons. The van der Waals surface area contributed by atoms with Crippen molar-refractivity contribution >= 4 is 23.4 Å². The molecule has 4 rings (SSSR count). The van der Waals surface area contributed by atoms with E-state index in [-0.39, 0.29) is 37.4 Å². The smallest absolute Gasteiger partial charge is 0.256 e. The van der Waals surface area contributed by atoms with Crippen molar-refractivity contribution in [2.45, 2.75) is 53.7 Å². The summed E-state index contributed by atoms with van der Waals surface area (Å²) in [6, 6.07) is 5.59. The Bertz CT molecular complexity index is 1110. The van der Waals surface area contributed by atoms with Crippen LogP contribution in [0.1, 0.15) is 53.5 Å². The molecule has 3 heterocycles. The first-order valence-corrected chi connectivity index (χ1v) is 10.8. The zero-order valence-electron chi connectivity index (χ0n) is 18.0. The molecule has 0 unspecified atom stereocenters. The molecular weight excluding hydrogens is 430 g/mol. The Hall–Kier alpha value is -2.80. The van der Waals surface area contributed by atoms with Gasteiger partial charge in [0.05, 0.1) is 23.7 Å². The van der Waals surface area contributed by atoms with E-state index in [0.29, 0.717) is 48.0 Å². The van der Waals surface area contributed by atoms with E-state index in [0.717, 1.165) is 23.2 Å². The van der Waals surface area contributed by atoms with Crippen LogP contribution in [0.5, 0.6) is 5.75 Å². The maximum atomic E-state index is 13.3. The van der Waals surface area contributed by atoms with E-state index in [4.69, 9.17) is 16.3 Å². The van der Waals surface area contributed by atoms with Crippen LogP contribution >= 0.6 is 11.6 Å².